The Balaban J connectivity index is 1.39. The number of para-hydroxylation sites is 3. The standard InChI is InChI=1S/C25H24ClN3O3/c1-18-15-20(11-12-21(18)26)31-14-13-29-23-10-6-5-9-22(23)28-24(29)16-27-25(30)17-32-19-7-3-2-4-8-19/h2-12,15H,13-14,16-17H2,1H3,(H,27,30). The van der Waals surface area contributed by atoms with Crippen LogP contribution in [0.4, 0.5) is 0 Å². The van der Waals surface area contributed by atoms with Crippen LogP contribution in [0, 0.1) is 6.92 Å². The van der Waals surface area contributed by atoms with E-state index in [-0.39, 0.29) is 12.5 Å². The Morgan fingerprint density at radius 2 is 1.78 bits per heavy atom. The van der Waals surface area contributed by atoms with Crippen LogP contribution in [-0.4, -0.2) is 28.7 Å². The molecule has 4 aromatic rings. The molecule has 0 saturated carbocycles. The van der Waals surface area contributed by atoms with E-state index in [0.29, 0.717) is 30.5 Å². The number of aromatic nitrogens is 2. The Kier molecular flexibility index (Phi) is 6.92. The minimum Gasteiger partial charge on any atom is -0.492 e. The molecular formula is C25H24ClN3O3. The van der Waals surface area contributed by atoms with Crippen molar-refractivity contribution in [3.05, 3.63) is 89.2 Å². The highest BCUT2D eigenvalue weighted by Crippen LogP contribution is 2.21. The summed E-state index contributed by atoms with van der Waals surface area (Å²) in [5, 5.41) is 3.60. The Labute approximate surface area is 191 Å². The molecule has 32 heavy (non-hydrogen) atoms. The third kappa shape index (κ3) is 5.39. The highest BCUT2D eigenvalue weighted by Gasteiger charge is 2.12. The van der Waals surface area contributed by atoms with Crippen LogP contribution in [0.3, 0.4) is 0 Å². The number of rotatable bonds is 9. The zero-order valence-electron chi connectivity index (χ0n) is 17.8. The summed E-state index contributed by atoms with van der Waals surface area (Å²) in [6.07, 6.45) is 0. The predicted octanol–water partition coefficient (Wildman–Crippen LogP) is 4.77. The van der Waals surface area contributed by atoms with Gasteiger partial charge in [-0.25, -0.2) is 4.98 Å². The van der Waals surface area contributed by atoms with Crippen LogP contribution in [-0.2, 0) is 17.9 Å². The zero-order chi connectivity index (χ0) is 22.3. The van der Waals surface area contributed by atoms with Crippen LogP contribution >= 0.6 is 11.6 Å². The van der Waals surface area contributed by atoms with E-state index in [0.717, 1.165) is 28.2 Å². The number of carbonyl (C=O) groups excluding carboxylic acids is 1. The van der Waals surface area contributed by atoms with Crippen molar-refractivity contribution in [2.24, 2.45) is 0 Å². The molecule has 0 aliphatic heterocycles. The van der Waals surface area contributed by atoms with Crippen molar-refractivity contribution in [2.45, 2.75) is 20.0 Å². The predicted molar refractivity (Wildman–Crippen MR) is 125 cm³/mol. The lowest BCUT2D eigenvalue weighted by Gasteiger charge is -2.12. The fourth-order valence-corrected chi connectivity index (χ4v) is 3.48. The van der Waals surface area contributed by atoms with Crippen molar-refractivity contribution >= 4 is 28.5 Å². The Morgan fingerprint density at radius 1 is 1.00 bits per heavy atom. The molecule has 0 radical (unpaired) electrons. The van der Waals surface area contributed by atoms with E-state index >= 15 is 0 Å². The topological polar surface area (TPSA) is 65.4 Å². The molecule has 3 aromatic carbocycles. The second-order valence-electron chi connectivity index (χ2n) is 7.31. The first-order valence-electron chi connectivity index (χ1n) is 10.4. The first kappa shape index (κ1) is 21.7. The summed E-state index contributed by atoms with van der Waals surface area (Å²) in [5.41, 5.74) is 2.84. The van der Waals surface area contributed by atoms with Crippen LogP contribution < -0.4 is 14.8 Å². The fourth-order valence-electron chi connectivity index (χ4n) is 3.37. The summed E-state index contributed by atoms with van der Waals surface area (Å²) < 4.78 is 13.5. The summed E-state index contributed by atoms with van der Waals surface area (Å²) >= 11 is 6.09. The van der Waals surface area contributed by atoms with Crippen molar-refractivity contribution in [1.82, 2.24) is 14.9 Å². The Bertz CT molecular complexity index is 1210. The second-order valence-corrected chi connectivity index (χ2v) is 7.71. The summed E-state index contributed by atoms with van der Waals surface area (Å²) in [5.74, 6) is 1.98. The normalized spacial score (nSPS) is 10.8. The molecule has 1 heterocycles. The van der Waals surface area contributed by atoms with Crippen LogP contribution in [0.2, 0.25) is 5.02 Å². The lowest BCUT2D eigenvalue weighted by molar-refractivity contribution is -0.123. The SMILES string of the molecule is Cc1cc(OCCn2c(CNC(=O)COc3ccccc3)nc3ccccc32)ccc1Cl. The number of halogens is 1. The molecule has 0 bridgehead atoms. The zero-order valence-corrected chi connectivity index (χ0v) is 18.5. The number of nitrogens with zero attached hydrogens (tertiary/aromatic N) is 2. The number of hydrogen-bond donors (Lipinski definition) is 1. The van der Waals surface area contributed by atoms with Gasteiger partial charge in [-0.05, 0) is 55.0 Å². The molecule has 0 aliphatic carbocycles. The van der Waals surface area contributed by atoms with Gasteiger partial charge < -0.3 is 19.4 Å². The summed E-state index contributed by atoms with van der Waals surface area (Å²) in [7, 11) is 0. The summed E-state index contributed by atoms with van der Waals surface area (Å²) in [6.45, 7) is 3.24. The molecule has 6 nitrogen and oxygen atoms in total. The first-order chi connectivity index (χ1) is 15.6. The number of nitrogens with one attached hydrogen (secondary N) is 1. The number of hydrogen-bond acceptors (Lipinski definition) is 4. The highest BCUT2D eigenvalue weighted by molar-refractivity contribution is 6.31. The van der Waals surface area contributed by atoms with Gasteiger partial charge >= 0.3 is 0 Å². The van der Waals surface area contributed by atoms with Crippen molar-refractivity contribution in [3.8, 4) is 11.5 Å². The van der Waals surface area contributed by atoms with Crippen LogP contribution in [0.5, 0.6) is 11.5 Å². The molecule has 1 aromatic heterocycles. The van der Waals surface area contributed by atoms with Crippen LogP contribution in [0.1, 0.15) is 11.4 Å². The number of fused-ring (bicyclic) bond motifs is 1. The lowest BCUT2D eigenvalue weighted by atomic mass is 10.2. The number of aryl methyl sites for hydroxylation is 1. The highest BCUT2D eigenvalue weighted by atomic mass is 35.5. The van der Waals surface area contributed by atoms with E-state index in [1.54, 1.807) is 0 Å². The number of ether oxygens (including phenoxy) is 2. The number of carbonyl (C=O) groups is 1. The molecule has 164 valence electrons. The van der Waals surface area contributed by atoms with Gasteiger partial charge in [-0.2, -0.15) is 0 Å². The molecule has 0 atom stereocenters. The van der Waals surface area contributed by atoms with Crippen LogP contribution in [0.25, 0.3) is 11.0 Å². The third-order valence-corrected chi connectivity index (χ3v) is 5.43. The van der Waals surface area contributed by atoms with Gasteiger partial charge in [0, 0.05) is 5.02 Å². The minimum atomic E-state index is -0.208. The molecule has 0 saturated heterocycles. The maximum absolute atomic E-state index is 12.3. The molecule has 1 N–H and O–H groups in total. The summed E-state index contributed by atoms with van der Waals surface area (Å²) in [6, 6.07) is 22.8. The number of benzene rings is 3. The van der Waals surface area contributed by atoms with Gasteiger partial charge in [0.15, 0.2) is 6.61 Å². The van der Waals surface area contributed by atoms with Gasteiger partial charge in [-0.3, -0.25) is 4.79 Å². The van der Waals surface area contributed by atoms with Crippen molar-refractivity contribution in [1.29, 1.82) is 0 Å². The first-order valence-corrected chi connectivity index (χ1v) is 10.8. The smallest absolute Gasteiger partial charge is 0.258 e. The Hall–Kier alpha value is -3.51. The third-order valence-electron chi connectivity index (χ3n) is 5.00. The van der Waals surface area contributed by atoms with Gasteiger partial charge in [0.05, 0.1) is 24.1 Å². The monoisotopic (exact) mass is 449 g/mol. The van der Waals surface area contributed by atoms with E-state index in [2.05, 4.69) is 14.9 Å². The largest absolute Gasteiger partial charge is 0.492 e. The van der Waals surface area contributed by atoms with E-state index in [9.17, 15) is 4.79 Å². The average molecular weight is 450 g/mol. The van der Waals surface area contributed by atoms with Gasteiger partial charge in [-0.15, -0.1) is 0 Å². The maximum atomic E-state index is 12.3. The quantitative estimate of drug-likeness (QED) is 0.399. The molecule has 7 heteroatoms. The molecule has 0 unspecified atom stereocenters. The molecule has 0 aliphatic rings. The van der Waals surface area contributed by atoms with Crippen molar-refractivity contribution in [2.75, 3.05) is 13.2 Å². The van der Waals surface area contributed by atoms with E-state index in [4.69, 9.17) is 21.1 Å². The van der Waals surface area contributed by atoms with Gasteiger partial charge in [0.2, 0.25) is 0 Å². The van der Waals surface area contributed by atoms with Crippen LogP contribution in [0.15, 0.2) is 72.8 Å². The summed E-state index contributed by atoms with van der Waals surface area (Å²) in [4.78, 5) is 17.0. The van der Waals surface area contributed by atoms with Crippen molar-refractivity contribution < 1.29 is 14.3 Å². The molecule has 0 spiro atoms. The molecule has 4 rings (SSSR count). The molecule has 1 amide bonds. The van der Waals surface area contributed by atoms with E-state index < -0.39 is 0 Å². The van der Waals surface area contributed by atoms with Gasteiger partial charge in [0.1, 0.15) is 23.9 Å². The number of imidazole rings is 1. The molecule has 0 fully saturated rings. The molecular weight excluding hydrogens is 426 g/mol. The lowest BCUT2D eigenvalue weighted by Crippen LogP contribution is -2.29. The van der Waals surface area contributed by atoms with E-state index in [1.165, 1.54) is 0 Å². The minimum absolute atomic E-state index is 0.0523. The second kappa shape index (κ2) is 10.2. The van der Waals surface area contributed by atoms with E-state index in [1.807, 2.05) is 79.7 Å². The van der Waals surface area contributed by atoms with Gasteiger partial charge in [-0.1, -0.05) is 41.9 Å². The average Bonchev–Trinajstić information content (AvgIpc) is 3.17. The van der Waals surface area contributed by atoms with Crippen molar-refractivity contribution in [3.63, 3.8) is 0 Å². The Morgan fingerprint density at radius 3 is 2.59 bits per heavy atom. The maximum Gasteiger partial charge on any atom is 0.258 e. The van der Waals surface area contributed by atoms with Gasteiger partial charge in [0.25, 0.3) is 5.91 Å². The fraction of sp³-hybridized carbons (Fsp3) is 0.200. The number of amides is 1.